The monoisotopic (exact) mass is 284 g/mol. The van der Waals surface area contributed by atoms with Crippen LogP contribution < -0.4 is 10.6 Å². The summed E-state index contributed by atoms with van der Waals surface area (Å²) in [6, 6.07) is 13.5. The van der Waals surface area contributed by atoms with Gasteiger partial charge in [0.1, 0.15) is 5.82 Å². The van der Waals surface area contributed by atoms with Crippen molar-refractivity contribution in [3.8, 4) is 0 Å². The molecular weight excluding hydrogens is 263 g/mol. The van der Waals surface area contributed by atoms with Crippen molar-refractivity contribution in [1.29, 1.82) is 0 Å². The molecule has 110 valence electrons. The number of halogens is 1. The second kappa shape index (κ2) is 5.49. The zero-order chi connectivity index (χ0) is 15.0. The third kappa shape index (κ3) is 2.66. The first-order chi connectivity index (χ1) is 10.1. The van der Waals surface area contributed by atoms with E-state index in [9.17, 15) is 4.39 Å². The minimum absolute atomic E-state index is 0.0268. The fourth-order valence-corrected chi connectivity index (χ4v) is 3.29. The van der Waals surface area contributed by atoms with Gasteiger partial charge in [0, 0.05) is 18.3 Å². The molecule has 0 bridgehead atoms. The van der Waals surface area contributed by atoms with E-state index in [0.29, 0.717) is 0 Å². The third-order valence-corrected chi connectivity index (χ3v) is 4.20. The van der Waals surface area contributed by atoms with Gasteiger partial charge < -0.3 is 10.6 Å². The summed E-state index contributed by atoms with van der Waals surface area (Å²) in [4.78, 5) is 2.25. The van der Waals surface area contributed by atoms with Crippen molar-refractivity contribution in [2.24, 2.45) is 5.73 Å². The molecule has 0 radical (unpaired) electrons. The summed E-state index contributed by atoms with van der Waals surface area (Å²) >= 11 is 0. The maximum Gasteiger partial charge on any atom is 0.125 e. The molecule has 0 fully saturated rings. The summed E-state index contributed by atoms with van der Waals surface area (Å²) in [5.74, 6) is -0.187. The molecule has 2 nitrogen and oxygen atoms in total. The predicted octanol–water partition coefficient (Wildman–Crippen LogP) is 3.59. The predicted molar refractivity (Wildman–Crippen MR) is 85.0 cm³/mol. The Bertz CT molecular complexity index is 651. The van der Waals surface area contributed by atoms with Gasteiger partial charge in [-0.2, -0.15) is 0 Å². The van der Waals surface area contributed by atoms with Gasteiger partial charge in [-0.3, -0.25) is 0 Å². The van der Waals surface area contributed by atoms with Gasteiger partial charge in [-0.25, -0.2) is 4.39 Å². The number of aryl methyl sites for hydroxylation is 1. The van der Waals surface area contributed by atoms with Crippen LogP contribution in [0.2, 0.25) is 0 Å². The van der Waals surface area contributed by atoms with Crippen LogP contribution in [0.4, 0.5) is 10.1 Å². The molecule has 2 aromatic rings. The Morgan fingerprint density at radius 3 is 2.71 bits per heavy atom. The molecule has 2 aromatic carbocycles. The van der Waals surface area contributed by atoms with Crippen molar-refractivity contribution >= 4 is 5.69 Å². The number of rotatable bonds is 3. The summed E-state index contributed by atoms with van der Waals surface area (Å²) in [6.07, 6.45) is 0.949. The fourth-order valence-electron chi connectivity index (χ4n) is 3.29. The van der Waals surface area contributed by atoms with Gasteiger partial charge in [-0.1, -0.05) is 35.9 Å². The van der Waals surface area contributed by atoms with E-state index in [1.807, 2.05) is 13.0 Å². The zero-order valence-electron chi connectivity index (χ0n) is 12.5. The normalized spacial score (nSPS) is 16.7. The summed E-state index contributed by atoms with van der Waals surface area (Å²) < 4.78 is 13.6. The molecule has 1 heterocycles. The van der Waals surface area contributed by atoms with Crippen LogP contribution in [0.1, 0.15) is 29.7 Å². The average molecular weight is 284 g/mol. The molecule has 2 N–H and O–H groups in total. The van der Waals surface area contributed by atoms with Crippen LogP contribution in [0.25, 0.3) is 0 Å². The Morgan fingerprint density at radius 1 is 1.19 bits per heavy atom. The van der Waals surface area contributed by atoms with Crippen LogP contribution >= 0.6 is 0 Å². The minimum atomic E-state index is -0.187. The van der Waals surface area contributed by atoms with E-state index >= 15 is 0 Å². The second-order valence-electron chi connectivity index (χ2n) is 5.93. The SMILES string of the molecule is Cc1cccc(C(C(C)N)N2CCc3ccc(F)cc32)c1. The number of anilines is 1. The van der Waals surface area contributed by atoms with Crippen LogP contribution in [-0.4, -0.2) is 12.6 Å². The molecule has 0 saturated carbocycles. The Morgan fingerprint density at radius 2 is 2.00 bits per heavy atom. The van der Waals surface area contributed by atoms with Crippen molar-refractivity contribution in [3.63, 3.8) is 0 Å². The quantitative estimate of drug-likeness (QED) is 0.933. The smallest absolute Gasteiger partial charge is 0.125 e. The number of hydrogen-bond donors (Lipinski definition) is 1. The van der Waals surface area contributed by atoms with Crippen molar-refractivity contribution in [3.05, 3.63) is 65.0 Å². The Labute approximate surface area is 125 Å². The highest BCUT2D eigenvalue weighted by Crippen LogP contribution is 2.37. The van der Waals surface area contributed by atoms with Crippen LogP contribution in [0.5, 0.6) is 0 Å². The lowest BCUT2D eigenvalue weighted by Gasteiger charge is -2.34. The summed E-state index contributed by atoms with van der Waals surface area (Å²) in [7, 11) is 0. The first-order valence-electron chi connectivity index (χ1n) is 7.43. The zero-order valence-corrected chi connectivity index (χ0v) is 12.5. The average Bonchev–Trinajstić information content (AvgIpc) is 2.82. The van der Waals surface area contributed by atoms with E-state index < -0.39 is 0 Å². The van der Waals surface area contributed by atoms with E-state index in [1.165, 1.54) is 22.8 Å². The third-order valence-electron chi connectivity index (χ3n) is 4.20. The number of nitrogens with zero attached hydrogens (tertiary/aromatic N) is 1. The first-order valence-corrected chi connectivity index (χ1v) is 7.43. The van der Waals surface area contributed by atoms with Gasteiger partial charge in [0.2, 0.25) is 0 Å². The van der Waals surface area contributed by atoms with E-state index in [-0.39, 0.29) is 17.9 Å². The highest BCUT2D eigenvalue weighted by Gasteiger charge is 2.30. The highest BCUT2D eigenvalue weighted by atomic mass is 19.1. The molecule has 2 unspecified atom stereocenters. The fraction of sp³-hybridized carbons (Fsp3) is 0.333. The molecule has 2 atom stereocenters. The van der Waals surface area contributed by atoms with Gasteiger partial charge >= 0.3 is 0 Å². The standard InChI is InChI=1S/C18H21FN2/c1-12-4-3-5-15(10-12)18(13(2)20)21-9-8-14-6-7-16(19)11-17(14)21/h3-7,10-11,13,18H,8-9,20H2,1-2H3. The molecule has 0 aromatic heterocycles. The molecule has 1 aliphatic heterocycles. The van der Waals surface area contributed by atoms with Crippen molar-refractivity contribution in [1.82, 2.24) is 0 Å². The van der Waals surface area contributed by atoms with E-state index in [1.54, 1.807) is 6.07 Å². The summed E-state index contributed by atoms with van der Waals surface area (Å²) in [5, 5.41) is 0. The van der Waals surface area contributed by atoms with Crippen molar-refractivity contribution < 1.29 is 4.39 Å². The lowest BCUT2D eigenvalue weighted by molar-refractivity contribution is 0.540. The van der Waals surface area contributed by atoms with Crippen LogP contribution in [0.3, 0.4) is 0 Å². The molecule has 3 heteroatoms. The minimum Gasteiger partial charge on any atom is -0.362 e. The van der Waals surface area contributed by atoms with Gasteiger partial charge in [0.15, 0.2) is 0 Å². The van der Waals surface area contributed by atoms with E-state index in [4.69, 9.17) is 5.73 Å². The lowest BCUT2D eigenvalue weighted by Crippen LogP contribution is -2.38. The van der Waals surface area contributed by atoms with E-state index in [0.717, 1.165) is 18.7 Å². The van der Waals surface area contributed by atoms with Crippen LogP contribution in [0.15, 0.2) is 42.5 Å². The van der Waals surface area contributed by atoms with Gasteiger partial charge in [-0.15, -0.1) is 0 Å². The Balaban J connectivity index is 2.03. The lowest BCUT2D eigenvalue weighted by atomic mass is 9.97. The molecule has 0 amide bonds. The summed E-state index contributed by atoms with van der Waals surface area (Å²) in [5.41, 5.74) is 10.9. The topological polar surface area (TPSA) is 29.3 Å². The van der Waals surface area contributed by atoms with Crippen molar-refractivity contribution in [2.45, 2.75) is 32.4 Å². The van der Waals surface area contributed by atoms with Gasteiger partial charge in [0.25, 0.3) is 0 Å². The van der Waals surface area contributed by atoms with E-state index in [2.05, 4.69) is 36.1 Å². The number of fused-ring (bicyclic) bond motifs is 1. The number of nitrogens with two attached hydrogens (primary N) is 1. The first kappa shape index (κ1) is 14.1. The molecule has 1 aliphatic rings. The van der Waals surface area contributed by atoms with Crippen LogP contribution in [0, 0.1) is 12.7 Å². The van der Waals surface area contributed by atoms with Crippen molar-refractivity contribution in [2.75, 3.05) is 11.4 Å². The highest BCUT2D eigenvalue weighted by molar-refractivity contribution is 5.60. The van der Waals surface area contributed by atoms with Crippen LogP contribution in [-0.2, 0) is 6.42 Å². The second-order valence-corrected chi connectivity index (χ2v) is 5.93. The summed E-state index contributed by atoms with van der Waals surface area (Å²) in [6.45, 7) is 4.99. The van der Waals surface area contributed by atoms with Gasteiger partial charge in [0.05, 0.1) is 6.04 Å². The molecule has 0 saturated heterocycles. The number of benzene rings is 2. The Hall–Kier alpha value is -1.87. The molecule has 21 heavy (non-hydrogen) atoms. The molecule has 0 spiro atoms. The Kier molecular flexibility index (Phi) is 3.68. The van der Waals surface area contributed by atoms with Gasteiger partial charge in [-0.05, 0) is 43.5 Å². The number of hydrogen-bond acceptors (Lipinski definition) is 2. The maximum absolute atomic E-state index is 13.6. The molecule has 0 aliphatic carbocycles. The molecular formula is C18H21FN2. The molecule has 3 rings (SSSR count). The largest absolute Gasteiger partial charge is 0.362 e. The maximum atomic E-state index is 13.6.